The highest BCUT2D eigenvalue weighted by Crippen LogP contribution is 2.18. The summed E-state index contributed by atoms with van der Waals surface area (Å²) in [6.07, 6.45) is 0. The molecule has 0 aliphatic rings. The molecule has 0 saturated carbocycles. The lowest BCUT2D eigenvalue weighted by Gasteiger charge is -1.95. The van der Waals surface area contributed by atoms with Gasteiger partial charge in [0.2, 0.25) is 0 Å². The highest BCUT2D eigenvalue weighted by Gasteiger charge is 1.97. The Hall–Kier alpha value is -0.370. The quantitative estimate of drug-likeness (QED) is 0.597. The molecule has 9 heavy (non-hydrogen) atoms. The molecular weight excluding hydrogens is 183 g/mol. The molecule has 0 unspecified atom stereocenters. The average Bonchev–Trinajstić information content (AvgIpc) is 2.09. The van der Waals surface area contributed by atoms with Crippen molar-refractivity contribution >= 4 is 15.9 Å². The van der Waals surface area contributed by atoms with Crippen molar-refractivity contribution in [1.29, 1.82) is 0 Å². The first-order valence-electron chi connectivity index (χ1n) is 5.13. The van der Waals surface area contributed by atoms with Crippen LogP contribution in [0.1, 0.15) is 13.8 Å². The van der Waals surface area contributed by atoms with Gasteiger partial charge in [-0.1, -0.05) is 12.1 Å². The Kier molecular flexibility index (Phi) is 0.647. The first kappa shape index (κ1) is 2.35. The van der Waals surface area contributed by atoms with Crippen LogP contribution in [0.4, 0.5) is 4.39 Å². The van der Waals surface area contributed by atoms with Gasteiger partial charge in [0, 0.05) is 4.11 Å². The topological polar surface area (TPSA) is 0 Å². The Morgan fingerprint density at radius 1 is 1.78 bits per heavy atom. The van der Waals surface area contributed by atoms with Crippen LogP contribution in [-0.2, 0) is 0 Å². The van der Waals surface area contributed by atoms with E-state index in [1.54, 1.807) is 0 Å². The van der Waals surface area contributed by atoms with E-state index in [9.17, 15) is 4.39 Å². The summed E-state index contributed by atoms with van der Waals surface area (Å²) in [4.78, 5) is 0. The number of benzene rings is 1. The van der Waals surface area contributed by atoms with Gasteiger partial charge in [0.25, 0.3) is 0 Å². The fraction of sp³-hybridized carbons (Fsp3) is 0.143. The van der Waals surface area contributed by atoms with Crippen LogP contribution in [-0.4, -0.2) is 0 Å². The molecule has 1 rings (SSSR count). The maximum atomic E-state index is 13.3. The first-order chi connectivity index (χ1) is 6.68. The van der Waals surface area contributed by atoms with E-state index in [-0.39, 0.29) is 0 Å². The smallest absolute Gasteiger partial charge is 0.137 e. The standard InChI is InChI=1S/C7H6BrF/c1-5-3-2-4-6(9)7(5)8/h2-4H,1H3/i1D3,2D,3D,4D. The Morgan fingerprint density at radius 3 is 3.22 bits per heavy atom. The third kappa shape index (κ3) is 1.30. The summed E-state index contributed by atoms with van der Waals surface area (Å²) >= 11 is 2.69. The second-order valence-electron chi connectivity index (χ2n) is 1.38. The molecule has 0 heterocycles. The van der Waals surface area contributed by atoms with Crippen LogP contribution < -0.4 is 0 Å². The van der Waals surface area contributed by atoms with Crippen LogP contribution in [0.3, 0.4) is 0 Å². The van der Waals surface area contributed by atoms with Gasteiger partial charge in [0.1, 0.15) is 5.82 Å². The second kappa shape index (κ2) is 2.48. The zero-order chi connectivity index (χ0) is 12.0. The lowest BCUT2D eigenvalue weighted by Crippen LogP contribution is -1.79. The lowest BCUT2D eigenvalue weighted by atomic mass is 10.2. The maximum absolute atomic E-state index is 13.3. The van der Waals surface area contributed by atoms with E-state index in [1.165, 1.54) is 0 Å². The van der Waals surface area contributed by atoms with Crippen molar-refractivity contribution in [3.8, 4) is 0 Å². The summed E-state index contributed by atoms with van der Waals surface area (Å²) in [6, 6.07) is -2.14. The molecule has 0 aromatic heterocycles. The summed E-state index contributed by atoms with van der Waals surface area (Å²) in [6.45, 7) is -2.68. The monoisotopic (exact) mass is 194 g/mol. The van der Waals surface area contributed by atoms with Crippen molar-refractivity contribution in [2.75, 3.05) is 0 Å². The molecular formula is C7H6BrF. The van der Waals surface area contributed by atoms with E-state index in [4.69, 9.17) is 8.22 Å². The van der Waals surface area contributed by atoms with Crippen molar-refractivity contribution in [1.82, 2.24) is 0 Å². The Balaban J connectivity index is 3.68. The highest BCUT2D eigenvalue weighted by atomic mass is 79.9. The minimum Gasteiger partial charge on any atom is -0.206 e. The van der Waals surface area contributed by atoms with Gasteiger partial charge in [-0.3, -0.25) is 0 Å². The van der Waals surface area contributed by atoms with E-state index >= 15 is 0 Å². The van der Waals surface area contributed by atoms with Gasteiger partial charge in [-0.15, -0.1) is 0 Å². The zero-order valence-electron chi connectivity index (χ0n) is 10.3. The number of rotatable bonds is 0. The van der Waals surface area contributed by atoms with Crippen LogP contribution >= 0.6 is 15.9 Å². The molecule has 1 aromatic rings. The summed E-state index contributed by atoms with van der Waals surface area (Å²) < 4.78 is 55.8. The number of hydrogen-bond acceptors (Lipinski definition) is 0. The van der Waals surface area contributed by atoms with E-state index in [0.29, 0.717) is 0 Å². The van der Waals surface area contributed by atoms with Gasteiger partial charge >= 0.3 is 0 Å². The largest absolute Gasteiger partial charge is 0.206 e. The van der Waals surface area contributed by atoms with Gasteiger partial charge < -0.3 is 0 Å². The first-order valence-corrected chi connectivity index (χ1v) is 2.92. The van der Waals surface area contributed by atoms with Crippen LogP contribution in [0.15, 0.2) is 22.6 Å². The van der Waals surface area contributed by atoms with Crippen molar-refractivity contribution in [3.05, 3.63) is 34.0 Å². The molecule has 0 amide bonds. The third-order valence-corrected chi connectivity index (χ3v) is 1.52. The molecule has 0 nitrogen and oxygen atoms in total. The van der Waals surface area contributed by atoms with Crippen molar-refractivity contribution in [3.63, 3.8) is 0 Å². The summed E-state index contributed by atoms with van der Waals surface area (Å²) in [5.41, 5.74) is -0.569. The zero-order valence-corrected chi connectivity index (χ0v) is 5.84. The van der Waals surface area contributed by atoms with Gasteiger partial charge in [0.15, 0.2) is 0 Å². The fourth-order valence-electron chi connectivity index (χ4n) is 0.368. The molecule has 0 radical (unpaired) electrons. The van der Waals surface area contributed by atoms with Crippen LogP contribution in [0.5, 0.6) is 0 Å². The van der Waals surface area contributed by atoms with E-state index in [0.717, 1.165) is 0 Å². The summed E-state index contributed by atoms with van der Waals surface area (Å²) in [7, 11) is 0. The minimum atomic E-state index is -2.68. The molecule has 2 heteroatoms. The molecule has 0 spiro atoms. The van der Waals surface area contributed by atoms with Crippen molar-refractivity contribution < 1.29 is 12.6 Å². The number of hydrogen-bond donors (Lipinski definition) is 0. The molecule has 0 aliphatic carbocycles. The third-order valence-electron chi connectivity index (χ3n) is 0.772. The van der Waals surface area contributed by atoms with E-state index in [1.807, 2.05) is 0 Å². The van der Waals surface area contributed by atoms with Gasteiger partial charge in [-0.05, 0) is 34.4 Å². The molecule has 0 aliphatic heterocycles. The molecule has 1 aromatic carbocycles. The predicted molar refractivity (Wildman–Crippen MR) is 38.8 cm³/mol. The lowest BCUT2D eigenvalue weighted by molar-refractivity contribution is 0.619. The van der Waals surface area contributed by atoms with Crippen molar-refractivity contribution in [2.24, 2.45) is 0 Å². The van der Waals surface area contributed by atoms with Crippen LogP contribution in [0.25, 0.3) is 0 Å². The molecule has 0 saturated heterocycles. The van der Waals surface area contributed by atoms with Gasteiger partial charge in [-0.25, -0.2) is 4.39 Å². The Labute approximate surface area is 70.3 Å². The Morgan fingerprint density at radius 2 is 2.56 bits per heavy atom. The highest BCUT2D eigenvalue weighted by molar-refractivity contribution is 9.10. The second-order valence-corrected chi connectivity index (χ2v) is 2.17. The Bertz CT molecular complexity index is 384. The van der Waals surface area contributed by atoms with Gasteiger partial charge in [0.05, 0.1) is 8.58 Å². The van der Waals surface area contributed by atoms with Crippen LogP contribution in [0.2, 0.25) is 0 Å². The molecule has 48 valence electrons. The molecule has 0 bridgehead atoms. The molecule has 0 fully saturated rings. The summed E-state index contributed by atoms with van der Waals surface area (Å²) in [5, 5.41) is 0. The normalized spacial score (nSPS) is 20.7. The fourth-order valence-corrected chi connectivity index (χ4v) is 0.566. The summed E-state index contributed by atoms with van der Waals surface area (Å²) in [5.74, 6) is -1.12. The van der Waals surface area contributed by atoms with E-state index < -0.39 is 40.8 Å². The average molecular weight is 195 g/mol. The van der Waals surface area contributed by atoms with E-state index in [2.05, 4.69) is 15.9 Å². The molecule has 0 N–H and O–H groups in total. The maximum Gasteiger partial charge on any atom is 0.137 e. The van der Waals surface area contributed by atoms with Gasteiger partial charge in [-0.2, -0.15) is 0 Å². The SMILES string of the molecule is [2H]c1c([2H])c(F)c(Br)c(C([2H])([2H])[2H])c1[2H]. The number of halogens is 2. The van der Waals surface area contributed by atoms with Crippen molar-refractivity contribution in [2.45, 2.75) is 6.85 Å². The molecule has 0 atom stereocenters. The minimum absolute atomic E-state index is 0.437. The predicted octanol–water partition coefficient (Wildman–Crippen LogP) is 2.90. The van der Waals surface area contributed by atoms with Crippen LogP contribution in [0, 0.1) is 12.7 Å².